The first-order chi connectivity index (χ1) is 16.0. The van der Waals surface area contributed by atoms with Gasteiger partial charge in [-0.1, -0.05) is 35.3 Å². The minimum absolute atomic E-state index is 0.0763. The van der Waals surface area contributed by atoms with Crippen molar-refractivity contribution in [3.05, 3.63) is 75.9 Å². The lowest BCUT2D eigenvalue weighted by Gasteiger charge is -2.15. The fourth-order valence-electron chi connectivity index (χ4n) is 4.18. The van der Waals surface area contributed by atoms with Gasteiger partial charge >= 0.3 is 0 Å². The fourth-order valence-corrected chi connectivity index (χ4v) is 4.63. The molecule has 1 aliphatic rings. The molecule has 2 aromatic heterocycles. The highest BCUT2D eigenvalue weighted by molar-refractivity contribution is 6.33. The van der Waals surface area contributed by atoms with Crippen LogP contribution in [-0.4, -0.2) is 27.6 Å². The van der Waals surface area contributed by atoms with Gasteiger partial charge in [0.15, 0.2) is 0 Å². The Morgan fingerprint density at radius 1 is 1.09 bits per heavy atom. The molecule has 0 bridgehead atoms. The number of aromatic nitrogens is 3. The van der Waals surface area contributed by atoms with Gasteiger partial charge in [0, 0.05) is 19.2 Å². The van der Waals surface area contributed by atoms with Crippen molar-refractivity contribution < 1.29 is 8.78 Å². The summed E-state index contributed by atoms with van der Waals surface area (Å²) < 4.78 is 30.3. The van der Waals surface area contributed by atoms with E-state index in [4.69, 9.17) is 28.2 Å². The maximum Gasteiger partial charge on any atom is 0.145 e. The zero-order valence-electron chi connectivity index (χ0n) is 17.6. The number of hydrogen-bond acceptors (Lipinski definition) is 4. The van der Waals surface area contributed by atoms with Gasteiger partial charge in [0.05, 0.1) is 27.3 Å². The summed E-state index contributed by atoms with van der Waals surface area (Å²) in [6.45, 7) is 2.96. The van der Waals surface area contributed by atoms with Crippen LogP contribution in [0.5, 0.6) is 0 Å². The maximum absolute atomic E-state index is 14.8. The molecular weight excluding hydrogens is 467 g/mol. The Labute approximate surface area is 199 Å². The van der Waals surface area contributed by atoms with Gasteiger partial charge in [-0.3, -0.25) is 0 Å². The van der Waals surface area contributed by atoms with E-state index in [0.717, 1.165) is 30.6 Å². The number of pyridine rings is 1. The van der Waals surface area contributed by atoms with Crippen molar-refractivity contribution in [3.8, 4) is 11.4 Å². The van der Waals surface area contributed by atoms with Crippen LogP contribution >= 0.6 is 23.2 Å². The first-order valence-corrected chi connectivity index (χ1v) is 11.4. The molecule has 1 aliphatic heterocycles. The maximum atomic E-state index is 14.8. The lowest BCUT2D eigenvalue weighted by molar-refractivity contribution is 0.491. The third-order valence-electron chi connectivity index (χ3n) is 5.88. The van der Waals surface area contributed by atoms with Gasteiger partial charge in [-0.15, -0.1) is 0 Å². The lowest BCUT2D eigenvalue weighted by Crippen LogP contribution is -2.15. The van der Waals surface area contributed by atoms with E-state index < -0.39 is 11.6 Å². The summed E-state index contributed by atoms with van der Waals surface area (Å²) in [6, 6.07) is 11.1. The van der Waals surface area contributed by atoms with Crippen molar-refractivity contribution in [3.63, 3.8) is 0 Å². The number of anilines is 1. The van der Waals surface area contributed by atoms with Crippen molar-refractivity contribution in [2.45, 2.75) is 19.5 Å². The molecule has 1 fully saturated rings. The van der Waals surface area contributed by atoms with Crippen LogP contribution in [0.2, 0.25) is 10.0 Å². The van der Waals surface area contributed by atoms with Crippen LogP contribution in [0, 0.1) is 17.6 Å². The van der Waals surface area contributed by atoms with Crippen LogP contribution in [-0.2, 0) is 13.1 Å². The molecule has 0 aliphatic carbocycles. The Hall–Kier alpha value is -2.74. The van der Waals surface area contributed by atoms with Crippen LogP contribution in [0.15, 0.2) is 48.7 Å². The van der Waals surface area contributed by atoms with E-state index in [2.05, 4.69) is 15.6 Å². The average molecular weight is 488 g/mol. The number of halogens is 4. The number of benzene rings is 2. The van der Waals surface area contributed by atoms with Crippen LogP contribution < -0.4 is 10.6 Å². The first-order valence-electron chi connectivity index (χ1n) is 10.7. The van der Waals surface area contributed by atoms with Crippen LogP contribution in [0.25, 0.3) is 22.4 Å². The quantitative estimate of drug-likeness (QED) is 0.355. The summed E-state index contributed by atoms with van der Waals surface area (Å²) >= 11 is 12.3. The predicted octanol–water partition coefficient (Wildman–Crippen LogP) is 5.90. The van der Waals surface area contributed by atoms with E-state index in [-0.39, 0.29) is 10.6 Å². The molecule has 0 amide bonds. The second kappa shape index (κ2) is 9.25. The SMILES string of the molecule is Fc1ccc(CNc2cc3c(cn2)nc(-c2c(F)cccc2Cl)n3C[C@@H]2CCNC2)cc1Cl. The molecule has 5 rings (SSSR count). The van der Waals surface area contributed by atoms with Crippen molar-refractivity contribution in [2.24, 2.45) is 5.92 Å². The largest absolute Gasteiger partial charge is 0.366 e. The smallest absolute Gasteiger partial charge is 0.145 e. The standard InChI is InChI=1S/C24H21Cl2F2N5/c25-16-2-1-3-19(28)23(16)24-32-20-12-31-22(30-11-14-4-5-18(27)17(26)8-14)9-21(20)33(24)13-15-6-7-29-10-15/h1-5,8-9,12,15,29H,6-7,10-11,13H2,(H,30,31)/t15-/m1/s1. The average Bonchev–Trinajstić information content (AvgIpc) is 3.43. The highest BCUT2D eigenvalue weighted by Gasteiger charge is 2.23. The zero-order chi connectivity index (χ0) is 22.9. The summed E-state index contributed by atoms with van der Waals surface area (Å²) in [4.78, 5) is 9.15. The molecule has 1 saturated heterocycles. The third-order valence-corrected chi connectivity index (χ3v) is 6.49. The molecule has 5 nitrogen and oxygen atoms in total. The van der Waals surface area contributed by atoms with Crippen molar-refractivity contribution in [2.75, 3.05) is 18.4 Å². The Morgan fingerprint density at radius 2 is 1.97 bits per heavy atom. The van der Waals surface area contributed by atoms with E-state index >= 15 is 0 Å². The molecule has 0 spiro atoms. The highest BCUT2D eigenvalue weighted by Crippen LogP contribution is 2.34. The molecule has 9 heteroatoms. The van der Waals surface area contributed by atoms with E-state index in [1.54, 1.807) is 30.5 Å². The molecule has 1 atom stereocenters. The molecule has 3 heterocycles. The number of hydrogen-bond donors (Lipinski definition) is 2. The van der Waals surface area contributed by atoms with Crippen LogP contribution in [0.3, 0.4) is 0 Å². The number of nitrogens with zero attached hydrogens (tertiary/aromatic N) is 3. The highest BCUT2D eigenvalue weighted by atomic mass is 35.5. The van der Waals surface area contributed by atoms with E-state index in [1.807, 2.05) is 10.6 Å². The zero-order valence-corrected chi connectivity index (χ0v) is 19.1. The molecule has 0 radical (unpaired) electrons. The van der Waals surface area contributed by atoms with Crippen LogP contribution in [0.1, 0.15) is 12.0 Å². The second-order valence-corrected chi connectivity index (χ2v) is 8.98. The van der Waals surface area contributed by atoms with Gasteiger partial charge in [0.1, 0.15) is 28.8 Å². The number of rotatable bonds is 6. The van der Waals surface area contributed by atoms with Crippen molar-refractivity contribution in [1.29, 1.82) is 0 Å². The van der Waals surface area contributed by atoms with E-state index in [1.165, 1.54) is 12.1 Å². The van der Waals surface area contributed by atoms with Gasteiger partial charge in [0.2, 0.25) is 0 Å². The van der Waals surface area contributed by atoms with E-state index in [9.17, 15) is 8.78 Å². The van der Waals surface area contributed by atoms with Crippen LogP contribution in [0.4, 0.5) is 14.6 Å². The Bertz CT molecular complexity index is 1300. The molecular formula is C24H21Cl2F2N5. The first kappa shape index (κ1) is 22.1. The monoisotopic (exact) mass is 487 g/mol. The summed E-state index contributed by atoms with van der Waals surface area (Å²) in [7, 11) is 0. The normalized spacial score (nSPS) is 15.9. The third kappa shape index (κ3) is 4.53. The Morgan fingerprint density at radius 3 is 2.73 bits per heavy atom. The fraction of sp³-hybridized carbons (Fsp3) is 0.250. The van der Waals surface area contributed by atoms with Crippen molar-refractivity contribution in [1.82, 2.24) is 19.9 Å². The minimum atomic E-state index is -0.454. The molecule has 0 unspecified atom stereocenters. The molecule has 0 saturated carbocycles. The molecule has 4 aromatic rings. The van der Waals surface area contributed by atoms with Gasteiger partial charge in [0.25, 0.3) is 0 Å². The number of imidazole rings is 1. The topological polar surface area (TPSA) is 54.8 Å². The number of nitrogens with one attached hydrogen (secondary N) is 2. The molecule has 33 heavy (non-hydrogen) atoms. The summed E-state index contributed by atoms with van der Waals surface area (Å²) in [5.41, 5.74) is 2.61. The summed E-state index contributed by atoms with van der Waals surface area (Å²) in [6.07, 6.45) is 2.70. The van der Waals surface area contributed by atoms with E-state index in [0.29, 0.717) is 41.2 Å². The molecule has 2 aromatic carbocycles. The van der Waals surface area contributed by atoms with Crippen molar-refractivity contribution >= 4 is 40.1 Å². The summed E-state index contributed by atoms with van der Waals surface area (Å²) in [5, 5.41) is 7.02. The minimum Gasteiger partial charge on any atom is -0.366 e. The van der Waals surface area contributed by atoms with Gasteiger partial charge in [-0.2, -0.15) is 0 Å². The second-order valence-electron chi connectivity index (χ2n) is 8.16. The summed E-state index contributed by atoms with van der Waals surface area (Å²) in [5.74, 6) is 0.648. The van der Waals surface area contributed by atoms with Gasteiger partial charge in [-0.25, -0.2) is 18.7 Å². The molecule has 2 N–H and O–H groups in total. The van der Waals surface area contributed by atoms with Gasteiger partial charge < -0.3 is 15.2 Å². The Kier molecular flexibility index (Phi) is 6.19. The van der Waals surface area contributed by atoms with Gasteiger partial charge in [-0.05, 0) is 55.3 Å². The molecule has 170 valence electrons. The number of fused-ring (bicyclic) bond motifs is 1. The predicted molar refractivity (Wildman–Crippen MR) is 128 cm³/mol. The Balaban J connectivity index is 1.53. The lowest BCUT2D eigenvalue weighted by atomic mass is 10.1.